The fourth-order valence-electron chi connectivity index (χ4n) is 3.31. The number of rotatable bonds is 6. The number of carbonyl (C=O) groups is 1. The largest absolute Gasteiger partial charge is 0.493 e. The van der Waals surface area contributed by atoms with Crippen LogP contribution in [0.3, 0.4) is 0 Å². The Bertz CT molecular complexity index is 1260. The molecule has 1 fully saturated rings. The summed E-state index contributed by atoms with van der Waals surface area (Å²) in [6.45, 7) is 2.39. The first-order valence-electron chi connectivity index (χ1n) is 9.95. The van der Waals surface area contributed by atoms with Crippen LogP contribution in [0.2, 0.25) is 0 Å². The Balaban J connectivity index is 1.58. The zero-order valence-electron chi connectivity index (χ0n) is 17.8. The van der Waals surface area contributed by atoms with Crippen LogP contribution in [0.25, 0.3) is 6.08 Å². The van der Waals surface area contributed by atoms with Gasteiger partial charge in [0.2, 0.25) is 0 Å². The Hall–Kier alpha value is -2.13. The topological polar surface area (TPSA) is 38.8 Å². The van der Waals surface area contributed by atoms with Gasteiger partial charge in [0, 0.05) is 4.47 Å². The summed E-state index contributed by atoms with van der Waals surface area (Å²) in [4.78, 5) is 15.2. The quantitative estimate of drug-likeness (QED) is 0.215. The number of hydrogen-bond donors (Lipinski definition) is 0. The lowest BCUT2D eigenvalue weighted by atomic mass is 10.1. The molecule has 0 unspecified atom stereocenters. The lowest BCUT2D eigenvalue weighted by Gasteiger charge is -2.15. The molecule has 0 spiro atoms. The third kappa shape index (κ3) is 5.51. The minimum absolute atomic E-state index is 0.138. The summed E-state index contributed by atoms with van der Waals surface area (Å²) in [6.07, 6.45) is 1.82. The van der Waals surface area contributed by atoms with Crippen LogP contribution in [-0.4, -0.2) is 17.3 Å². The first-order valence-corrected chi connectivity index (χ1v) is 12.8. The van der Waals surface area contributed by atoms with Crippen molar-refractivity contribution in [3.63, 3.8) is 0 Å². The molecule has 3 aromatic rings. The molecule has 1 saturated heterocycles. The molecule has 0 radical (unpaired) electrons. The molecule has 1 aliphatic rings. The maximum atomic E-state index is 13.1. The van der Waals surface area contributed by atoms with Gasteiger partial charge in [-0.2, -0.15) is 0 Å². The molecule has 0 atom stereocenters. The second-order valence-electron chi connectivity index (χ2n) is 7.31. The lowest BCUT2D eigenvalue weighted by molar-refractivity contribution is -0.113. The number of anilines is 1. The van der Waals surface area contributed by atoms with Gasteiger partial charge < -0.3 is 9.47 Å². The van der Waals surface area contributed by atoms with E-state index in [1.807, 2.05) is 73.7 Å². The molecule has 0 bridgehead atoms. The van der Waals surface area contributed by atoms with Gasteiger partial charge in [-0.3, -0.25) is 9.69 Å². The van der Waals surface area contributed by atoms with Crippen LogP contribution in [0.5, 0.6) is 11.5 Å². The van der Waals surface area contributed by atoms with Crippen LogP contribution < -0.4 is 14.4 Å². The molecular weight excluding hydrogens is 586 g/mol. The second kappa shape index (κ2) is 10.4. The molecule has 0 saturated carbocycles. The van der Waals surface area contributed by atoms with E-state index >= 15 is 0 Å². The van der Waals surface area contributed by atoms with E-state index in [9.17, 15) is 4.79 Å². The van der Waals surface area contributed by atoms with E-state index in [0.29, 0.717) is 27.3 Å². The van der Waals surface area contributed by atoms with Gasteiger partial charge in [-0.1, -0.05) is 64.2 Å². The highest BCUT2D eigenvalue weighted by Gasteiger charge is 2.33. The third-order valence-corrected chi connectivity index (χ3v) is 7.32. The number of carbonyl (C=O) groups excluding carboxylic acids is 1. The van der Waals surface area contributed by atoms with Crippen LogP contribution in [0, 0.1) is 6.92 Å². The fraction of sp³-hybridized carbons (Fsp3) is 0.120. The van der Waals surface area contributed by atoms with Crippen molar-refractivity contribution in [2.24, 2.45) is 0 Å². The number of aryl methyl sites for hydroxylation is 1. The van der Waals surface area contributed by atoms with Crippen molar-refractivity contribution in [2.75, 3.05) is 12.0 Å². The molecule has 0 N–H and O–H groups in total. The highest BCUT2D eigenvalue weighted by Crippen LogP contribution is 2.40. The monoisotopic (exact) mass is 603 g/mol. The Morgan fingerprint density at radius 1 is 1.09 bits per heavy atom. The van der Waals surface area contributed by atoms with E-state index in [2.05, 4.69) is 31.9 Å². The summed E-state index contributed by atoms with van der Waals surface area (Å²) in [6, 6.07) is 19.4. The molecule has 8 heteroatoms. The fourth-order valence-corrected chi connectivity index (χ4v) is 5.45. The van der Waals surface area contributed by atoms with Crippen molar-refractivity contribution in [3.8, 4) is 11.5 Å². The molecular formula is C25H19Br2NO3S2. The van der Waals surface area contributed by atoms with Gasteiger partial charge >= 0.3 is 0 Å². The van der Waals surface area contributed by atoms with E-state index in [1.54, 1.807) is 12.0 Å². The van der Waals surface area contributed by atoms with Gasteiger partial charge in [0.15, 0.2) is 15.8 Å². The van der Waals surface area contributed by atoms with Crippen molar-refractivity contribution in [3.05, 3.63) is 91.2 Å². The summed E-state index contributed by atoms with van der Waals surface area (Å²) < 4.78 is 13.9. The highest BCUT2D eigenvalue weighted by atomic mass is 79.9. The molecule has 3 aromatic carbocycles. The minimum atomic E-state index is -0.138. The van der Waals surface area contributed by atoms with Crippen LogP contribution in [0.4, 0.5) is 5.69 Å². The smallest absolute Gasteiger partial charge is 0.270 e. The number of nitrogens with zero attached hydrogens (tertiary/aromatic N) is 1. The summed E-state index contributed by atoms with van der Waals surface area (Å²) in [5.74, 6) is 1.04. The number of ether oxygens (including phenoxy) is 2. The number of halogens is 2. The third-order valence-electron chi connectivity index (χ3n) is 4.90. The number of methoxy groups -OCH3 is 1. The van der Waals surface area contributed by atoms with Gasteiger partial charge in [0.05, 0.1) is 22.2 Å². The molecule has 0 aliphatic carbocycles. The number of benzene rings is 3. The summed E-state index contributed by atoms with van der Waals surface area (Å²) in [5.41, 5.74) is 3.68. The Kier molecular flexibility index (Phi) is 7.58. The highest BCUT2D eigenvalue weighted by molar-refractivity contribution is 9.10. The minimum Gasteiger partial charge on any atom is -0.493 e. The predicted molar refractivity (Wildman–Crippen MR) is 146 cm³/mol. The second-order valence-corrected chi connectivity index (χ2v) is 10.8. The SMILES string of the molecule is COc1cc(/C=C2\SC(=S)N(c3cccc(C)c3)C2=O)cc(Br)c1OCc1ccc(Br)cc1. The van der Waals surface area contributed by atoms with Gasteiger partial charge in [-0.15, -0.1) is 0 Å². The molecule has 4 rings (SSSR count). The van der Waals surface area contributed by atoms with Gasteiger partial charge in [-0.05, 0) is 82.0 Å². The van der Waals surface area contributed by atoms with Crippen LogP contribution in [-0.2, 0) is 11.4 Å². The molecule has 1 aliphatic heterocycles. The number of hydrogen-bond acceptors (Lipinski definition) is 5. The zero-order chi connectivity index (χ0) is 23.5. The average molecular weight is 605 g/mol. The van der Waals surface area contributed by atoms with Crippen LogP contribution in [0.1, 0.15) is 16.7 Å². The number of thiocarbonyl (C=S) groups is 1. The Morgan fingerprint density at radius 2 is 1.85 bits per heavy atom. The van der Waals surface area contributed by atoms with Crippen molar-refractivity contribution < 1.29 is 14.3 Å². The molecule has 4 nitrogen and oxygen atoms in total. The van der Waals surface area contributed by atoms with Crippen molar-refractivity contribution >= 4 is 77.8 Å². The van der Waals surface area contributed by atoms with Gasteiger partial charge in [0.1, 0.15) is 6.61 Å². The van der Waals surface area contributed by atoms with E-state index in [4.69, 9.17) is 21.7 Å². The first kappa shape index (κ1) is 24.0. The molecule has 168 valence electrons. The molecule has 1 amide bonds. The number of amides is 1. The normalized spacial score (nSPS) is 14.8. The van der Waals surface area contributed by atoms with Crippen molar-refractivity contribution in [2.45, 2.75) is 13.5 Å². The Labute approximate surface area is 219 Å². The van der Waals surface area contributed by atoms with E-state index in [1.165, 1.54) is 11.8 Å². The zero-order valence-corrected chi connectivity index (χ0v) is 22.6. The summed E-state index contributed by atoms with van der Waals surface area (Å²) in [7, 11) is 1.59. The predicted octanol–water partition coefficient (Wildman–Crippen LogP) is 7.51. The summed E-state index contributed by atoms with van der Waals surface area (Å²) >= 11 is 13.8. The lowest BCUT2D eigenvalue weighted by Crippen LogP contribution is -2.27. The van der Waals surface area contributed by atoms with E-state index < -0.39 is 0 Å². The maximum Gasteiger partial charge on any atom is 0.270 e. The maximum absolute atomic E-state index is 13.1. The molecule has 33 heavy (non-hydrogen) atoms. The molecule has 0 aromatic heterocycles. The van der Waals surface area contributed by atoms with E-state index in [-0.39, 0.29) is 5.91 Å². The van der Waals surface area contributed by atoms with Gasteiger partial charge in [0.25, 0.3) is 5.91 Å². The Morgan fingerprint density at radius 3 is 2.55 bits per heavy atom. The summed E-state index contributed by atoms with van der Waals surface area (Å²) in [5, 5.41) is 0. The van der Waals surface area contributed by atoms with Crippen LogP contribution >= 0.6 is 55.8 Å². The van der Waals surface area contributed by atoms with Crippen LogP contribution in [0.15, 0.2) is 74.5 Å². The van der Waals surface area contributed by atoms with Gasteiger partial charge in [-0.25, -0.2) is 0 Å². The average Bonchev–Trinajstić information content (AvgIpc) is 3.06. The van der Waals surface area contributed by atoms with E-state index in [0.717, 1.165) is 31.3 Å². The van der Waals surface area contributed by atoms with Crippen molar-refractivity contribution in [1.29, 1.82) is 0 Å². The van der Waals surface area contributed by atoms with Crippen molar-refractivity contribution in [1.82, 2.24) is 0 Å². The molecule has 1 heterocycles. The standard InChI is InChI=1S/C25H19Br2NO3S2/c1-15-4-3-5-19(10-15)28-24(29)22(33-25(28)32)13-17-11-20(27)23(21(12-17)30-2)31-14-16-6-8-18(26)9-7-16/h3-13H,14H2,1-2H3/b22-13-. The first-order chi connectivity index (χ1) is 15.9. The number of thioether (sulfide) groups is 1.